The van der Waals surface area contributed by atoms with Gasteiger partial charge in [0.25, 0.3) is 5.91 Å². The Balaban J connectivity index is 2.16. The molecule has 1 aromatic heterocycles. The first-order valence-electron chi connectivity index (χ1n) is 5.38. The second-order valence-corrected chi connectivity index (χ2v) is 4.57. The van der Waals surface area contributed by atoms with Crippen LogP contribution in [0, 0.1) is 0 Å². The van der Waals surface area contributed by atoms with Crippen molar-refractivity contribution in [1.29, 1.82) is 0 Å². The third-order valence-electron chi connectivity index (χ3n) is 2.46. The number of carboxylic acid groups (broad SMARTS) is 1. The van der Waals surface area contributed by atoms with E-state index in [0.717, 1.165) is 11.3 Å². The number of benzene rings is 1. The van der Waals surface area contributed by atoms with Gasteiger partial charge < -0.3 is 15.2 Å². The summed E-state index contributed by atoms with van der Waals surface area (Å²) in [5, 5.41) is 13.1. The van der Waals surface area contributed by atoms with E-state index in [2.05, 4.69) is 5.32 Å². The molecule has 1 amide bonds. The molecule has 19 heavy (non-hydrogen) atoms. The third kappa shape index (κ3) is 2.92. The number of nitrogens with one attached hydrogen (secondary N) is 1. The highest BCUT2D eigenvalue weighted by Crippen LogP contribution is 2.23. The molecule has 2 rings (SSSR count). The summed E-state index contributed by atoms with van der Waals surface area (Å²) in [6.45, 7) is 0. The second-order valence-electron chi connectivity index (χ2n) is 3.65. The van der Waals surface area contributed by atoms with Gasteiger partial charge in [-0.3, -0.25) is 4.79 Å². The van der Waals surface area contributed by atoms with E-state index in [9.17, 15) is 9.59 Å². The van der Waals surface area contributed by atoms with E-state index in [1.165, 1.54) is 0 Å². The molecule has 2 N–H and O–H groups in total. The number of carbonyl (C=O) groups excluding carboxylic acids is 1. The standard InChI is InChI=1S/C13H11NO4S/c1-18-9-4-2-8(3-5-9)12(15)14-10-6-7-19-11(10)13(16)17/h2-7H,1H3,(H,14,15)(H,16,17). The summed E-state index contributed by atoms with van der Waals surface area (Å²) in [5.41, 5.74) is 0.738. The highest BCUT2D eigenvalue weighted by molar-refractivity contribution is 7.12. The topological polar surface area (TPSA) is 75.6 Å². The van der Waals surface area contributed by atoms with Gasteiger partial charge in [0.1, 0.15) is 10.6 Å². The summed E-state index contributed by atoms with van der Waals surface area (Å²) >= 11 is 1.07. The lowest BCUT2D eigenvalue weighted by atomic mass is 10.2. The maximum Gasteiger partial charge on any atom is 0.348 e. The van der Waals surface area contributed by atoms with Gasteiger partial charge in [-0.1, -0.05) is 0 Å². The number of aromatic carboxylic acids is 1. The molecular weight excluding hydrogens is 266 g/mol. The van der Waals surface area contributed by atoms with Crippen LogP contribution >= 0.6 is 11.3 Å². The summed E-state index contributed by atoms with van der Waals surface area (Å²) in [4.78, 5) is 23.0. The fourth-order valence-corrected chi connectivity index (χ4v) is 2.20. The van der Waals surface area contributed by atoms with E-state index in [4.69, 9.17) is 9.84 Å². The average molecular weight is 277 g/mol. The van der Waals surface area contributed by atoms with Crippen molar-refractivity contribution in [3.8, 4) is 5.75 Å². The van der Waals surface area contributed by atoms with Gasteiger partial charge in [-0.15, -0.1) is 11.3 Å². The molecule has 0 saturated heterocycles. The Morgan fingerprint density at radius 3 is 2.47 bits per heavy atom. The molecule has 2 aromatic rings. The Labute approximate surface area is 113 Å². The zero-order valence-electron chi connectivity index (χ0n) is 10.0. The number of amides is 1. The summed E-state index contributed by atoms with van der Waals surface area (Å²) in [5.74, 6) is -0.762. The molecule has 0 aliphatic rings. The Hall–Kier alpha value is -2.34. The summed E-state index contributed by atoms with van der Waals surface area (Å²) in [7, 11) is 1.54. The molecule has 98 valence electrons. The molecule has 5 nitrogen and oxygen atoms in total. The maximum absolute atomic E-state index is 11.9. The molecule has 1 heterocycles. The van der Waals surface area contributed by atoms with Crippen LogP contribution in [0.4, 0.5) is 5.69 Å². The Kier molecular flexibility index (Phi) is 3.82. The Morgan fingerprint density at radius 1 is 1.21 bits per heavy atom. The van der Waals surface area contributed by atoms with Crippen LogP contribution in [0.25, 0.3) is 0 Å². The van der Waals surface area contributed by atoms with E-state index in [1.54, 1.807) is 42.8 Å². The number of carbonyl (C=O) groups is 2. The fraction of sp³-hybridized carbons (Fsp3) is 0.0769. The van der Waals surface area contributed by atoms with Crippen molar-refractivity contribution in [3.63, 3.8) is 0 Å². The molecule has 6 heteroatoms. The van der Waals surface area contributed by atoms with Crippen LogP contribution < -0.4 is 10.1 Å². The van der Waals surface area contributed by atoms with Crippen molar-refractivity contribution in [1.82, 2.24) is 0 Å². The molecule has 0 unspecified atom stereocenters. The largest absolute Gasteiger partial charge is 0.497 e. The van der Waals surface area contributed by atoms with E-state index in [1.807, 2.05) is 0 Å². The van der Waals surface area contributed by atoms with Crippen molar-refractivity contribution in [2.24, 2.45) is 0 Å². The molecule has 0 atom stereocenters. The van der Waals surface area contributed by atoms with Crippen LogP contribution in [0.2, 0.25) is 0 Å². The molecule has 0 saturated carbocycles. The Morgan fingerprint density at radius 2 is 1.89 bits per heavy atom. The molecular formula is C13H11NO4S. The summed E-state index contributed by atoms with van der Waals surface area (Å²) in [6.07, 6.45) is 0. The number of methoxy groups -OCH3 is 1. The Bertz CT molecular complexity index is 603. The summed E-state index contributed by atoms with van der Waals surface area (Å²) in [6, 6.07) is 8.12. The second kappa shape index (κ2) is 5.53. The lowest BCUT2D eigenvalue weighted by Gasteiger charge is -2.05. The number of thiophene rings is 1. The van der Waals surface area contributed by atoms with Gasteiger partial charge in [-0.25, -0.2) is 4.79 Å². The molecule has 0 spiro atoms. The van der Waals surface area contributed by atoms with Gasteiger partial charge in [0.05, 0.1) is 12.8 Å². The molecule has 0 radical (unpaired) electrons. The lowest BCUT2D eigenvalue weighted by molar-refractivity contribution is 0.0703. The molecule has 0 aliphatic carbocycles. The van der Waals surface area contributed by atoms with Crippen LogP contribution in [0.1, 0.15) is 20.0 Å². The smallest absolute Gasteiger partial charge is 0.348 e. The first-order valence-corrected chi connectivity index (χ1v) is 6.26. The zero-order valence-corrected chi connectivity index (χ0v) is 10.9. The summed E-state index contributed by atoms with van der Waals surface area (Å²) < 4.78 is 5.00. The van der Waals surface area contributed by atoms with Crippen molar-refractivity contribution in [2.45, 2.75) is 0 Å². The molecule has 0 aliphatic heterocycles. The van der Waals surface area contributed by atoms with E-state index in [-0.39, 0.29) is 10.8 Å². The predicted molar refractivity (Wildman–Crippen MR) is 72.2 cm³/mol. The first-order chi connectivity index (χ1) is 9.11. The zero-order chi connectivity index (χ0) is 13.8. The molecule has 0 fully saturated rings. The molecule has 1 aromatic carbocycles. The minimum atomic E-state index is -1.06. The number of hydrogen-bond acceptors (Lipinski definition) is 4. The normalized spacial score (nSPS) is 9.95. The highest BCUT2D eigenvalue weighted by Gasteiger charge is 2.14. The number of ether oxygens (including phenoxy) is 1. The maximum atomic E-state index is 11.9. The number of hydrogen-bond donors (Lipinski definition) is 2. The van der Waals surface area contributed by atoms with Gasteiger partial charge >= 0.3 is 5.97 Å². The SMILES string of the molecule is COc1ccc(C(=O)Nc2ccsc2C(=O)O)cc1. The van der Waals surface area contributed by atoms with Crippen LogP contribution in [0.15, 0.2) is 35.7 Å². The van der Waals surface area contributed by atoms with Gasteiger partial charge in [-0.2, -0.15) is 0 Å². The van der Waals surface area contributed by atoms with Gasteiger partial charge in [0.2, 0.25) is 0 Å². The number of anilines is 1. The minimum absolute atomic E-state index is 0.113. The van der Waals surface area contributed by atoms with Crippen molar-refractivity contribution in [2.75, 3.05) is 12.4 Å². The monoisotopic (exact) mass is 277 g/mol. The molecule has 0 bridgehead atoms. The average Bonchev–Trinajstić information content (AvgIpc) is 2.87. The lowest BCUT2D eigenvalue weighted by Crippen LogP contribution is -2.13. The highest BCUT2D eigenvalue weighted by atomic mass is 32.1. The van der Waals surface area contributed by atoms with Crippen LogP contribution in [0.5, 0.6) is 5.75 Å². The van der Waals surface area contributed by atoms with Crippen molar-refractivity contribution < 1.29 is 19.4 Å². The van der Waals surface area contributed by atoms with Crippen molar-refractivity contribution in [3.05, 3.63) is 46.2 Å². The van der Waals surface area contributed by atoms with Crippen LogP contribution in [-0.4, -0.2) is 24.1 Å². The third-order valence-corrected chi connectivity index (χ3v) is 3.36. The van der Waals surface area contributed by atoms with E-state index in [0.29, 0.717) is 17.0 Å². The quantitative estimate of drug-likeness (QED) is 0.901. The van der Waals surface area contributed by atoms with Gasteiger partial charge in [0.15, 0.2) is 0 Å². The minimum Gasteiger partial charge on any atom is -0.497 e. The van der Waals surface area contributed by atoms with E-state index < -0.39 is 5.97 Å². The predicted octanol–water partition coefficient (Wildman–Crippen LogP) is 2.71. The van der Waals surface area contributed by atoms with Crippen molar-refractivity contribution >= 4 is 28.9 Å². The number of rotatable bonds is 4. The van der Waals surface area contributed by atoms with Crippen LogP contribution in [0.3, 0.4) is 0 Å². The number of carboxylic acids is 1. The van der Waals surface area contributed by atoms with Crippen LogP contribution in [-0.2, 0) is 0 Å². The van der Waals surface area contributed by atoms with Gasteiger partial charge in [-0.05, 0) is 35.7 Å². The first kappa shape index (κ1) is 13.1. The van der Waals surface area contributed by atoms with Gasteiger partial charge in [0, 0.05) is 5.56 Å². The van der Waals surface area contributed by atoms with E-state index >= 15 is 0 Å². The fourth-order valence-electron chi connectivity index (χ4n) is 1.51.